The van der Waals surface area contributed by atoms with Crippen LogP contribution in [0.15, 0.2) is 31.0 Å². The number of aliphatic hydroxyl groups excluding tert-OH is 1. The highest BCUT2D eigenvalue weighted by Crippen LogP contribution is 2.12. The summed E-state index contributed by atoms with van der Waals surface area (Å²) in [6.45, 7) is 3.49. The Morgan fingerprint density at radius 2 is 2.50 bits per heavy atom. The minimum atomic E-state index is -0.542. The van der Waals surface area contributed by atoms with Crippen LogP contribution in [-0.4, -0.2) is 9.67 Å². The van der Waals surface area contributed by atoms with Gasteiger partial charge >= 0.3 is 0 Å². The van der Waals surface area contributed by atoms with Crippen molar-refractivity contribution in [2.75, 3.05) is 0 Å². The second-order valence-electron chi connectivity index (χ2n) is 2.22. The van der Waals surface area contributed by atoms with Gasteiger partial charge in [-0.15, -0.1) is 6.58 Å². The van der Waals surface area contributed by atoms with Gasteiger partial charge < -0.3 is 9.67 Å². The second kappa shape index (κ2) is 2.71. The Hall–Kier alpha value is -1.02. The number of aromatic nitrogens is 1. The molecule has 0 radical (unpaired) electrons. The van der Waals surface area contributed by atoms with Gasteiger partial charge in [0.1, 0.15) is 6.10 Å². The van der Waals surface area contributed by atoms with Crippen LogP contribution in [0, 0.1) is 0 Å². The van der Waals surface area contributed by atoms with Gasteiger partial charge in [0.05, 0.1) is 5.69 Å². The smallest absolute Gasteiger partial charge is 0.112 e. The van der Waals surface area contributed by atoms with Crippen molar-refractivity contribution in [2.45, 2.75) is 6.10 Å². The number of aryl methyl sites for hydroxylation is 1. The molecular formula is C8H11NO. The third-order valence-electron chi connectivity index (χ3n) is 1.51. The molecule has 54 valence electrons. The number of hydrogen-bond donors (Lipinski definition) is 1. The maximum absolute atomic E-state index is 9.26. The Bertz CT molecular complexity index is 227. The van der Waals surface area contributed by atoms with Crippen molar-refractivity contribution in [1.82, 2.24) is 4.57 Å². The van der Waals surface area contributed by atoms with Crippen molar-refractivity contribution in [3.63, 3.8) is 0 Å². The van der Waals surface area contributed by atoms with E-state index in [1.165, 1.54) is 6.08 Å². The molecule has 1 aromatic rings. The summed E-state index contributed by atoms with van der Waals surface area (Å²) in [6.07, 6.45) is 2.86. The van der Waals surface area contributed by atoms with Crippen LogP contribution in [0.1, 0.15) is 11.8 Å². The molecule has 1 aromatic heterocycles. The van der Waals surface area contributed by atoms with E-state index in [9.17, 15) is 5.11 Å². The van der Waals surface area contributed by atoms with Crippen LogP contribution in [0.3, 0.4) is 0 Å². The average Bonchev–Trinajstić information content (AvgIpc) is 2.34. The van der Waals surface area contributed by atoms with Gasteiger partial charge in [0.2, 0.25) is 0 Å². The first-order valence-corrected chi connectivity index (χ1v) is 3.17. The third-order valence-corrected chi connectivity index (χ3v) is 1.51. The van der Waals surface area contributed by atoms with Gasteiger partial charge in [0, 0.05) is 13.2 Å². The van der Waals surface area contributed by atoms with Crippen LogP contribution in [0.25, 0.3) is 0 Å². The maximum Gasteiger partial charge on any atom is 0.112 e. The van der Waals surface area contributed by atoms with E-state index in [-0.39, 0.29) is 0 Å². The molecule has 1 unspecified atom stereocenters. The number of rotatable bonds is 2. The molecule has 0 aliphatic carbocycles. The quantitative estimate of drug-likeness (QED) is 0.609. The Morgan fingerprint density at radius 3 is 2.90 bits per heavy atom. The summed E-state index contributed by atoms with van der Waals surface area (Å²) in [5.74, 6) is 0. The lowest BCUT2D eigenvalue weighted by Crippen LogP contribution is -1.99. The van der Waals surface area contributed by atoms with Crippen molar-refractivity contribution in [3.8, 4) is 0 Å². The zero-order chi connectivity index (χ0) is 7.56. The summed E-state index contributed by atoms with van der Waals surface area (Å²) in [7, 11) is 1.89. The maximum atomic E-state index is 9.26. The van der Waals surface area contributed by atoms with Crippen LogP contribution in [0.4, 0.5) is 0 Å². The normalized spacial score (nSPS) is 13.0. The number of hydrogen-bond acceptors (Lipinski definition) is 1. The Balaban J connectivity index is 2.92. The summed E-state index contributed by atoms with van der Waals surface area (Å²) < 4.78 is 1.87. The molecule has 1 N–H and O–H groups in total. The van der Waals surface area contributed by atoms with E-state index in [0.29, 0.717) is 0 Å². The minimum Gasteiger partial charge on any atom is -0.383 e. The molecule has 0 saturated carbocycles. The number of aliphatic hydroxyl groups is 1. The van der Waals surface area contributed by atoms with Crippen LogP contribution >= 0.6 is 0 Å². The third kappa shape index (κ3) is 1.11. The SMILES string of the molecule is C=CC(O)c1cccn1C. The molecule has 1 atom stereocenters. The summed E-state index contributed by atoms with van der Waals surface area (Å²) in [4.78, 5) is 0. The van der Waals surface area contributed by atoms with Gasteiger partial charge in [-0.1, -0.05) is 6.08 Å². The van der Waals surface area contributed by atoms with E-state index >= 15 is 0 Å². The fraction of sp³-hybridized carbons (Fsp3) is 0.250. The van der Waals surface area contributed by atoms with Crippen LogP contribution in [0.2, 0.25) is 0 Å². The molecular weight excluding hydrogens is 126 g/mol. The predicted molar refractivity (Wildman–Crippen MR) is 40.6 cm³/mol. The molecule has 0 aromatic carbocycles. The van der Waals surface area contributed by atoms with Crippen molar-refractivity contribution in [3.05, 3.63) is 36.7 Å². The molecule has 0 bridgehead atoms. The van der Waals surface area contributed by atoms with Gasteiger partial charge in [-0.25, -0.2) is 0 Å². The summed E-state index contributed by atoms with van der Waals surface area (Å²) in [6, 6.07) is 3.76. The van der Waals surface area contributed by atoms with E-state index in [4.69, 9.17) is 0 Å². The summed E-state index contributed by atoms with van der Waals surface area (Å²) in [5, 5.41) is 9.26. The van der Waals surface area contributed by atoms with E-state index in [1.807, 2.05) is 29.9 Å². The molecule has 0 fully saturated rings. The molecule has 0 aliphatic rings. The molecule has 0 spiro atoms. The number of nitrogens with zero attached hydrogens (tertiary/aromatic N) is 1. The summed E-state index contributed by atoms with van der Waals surface area (Å²) >= 11 is 0. The van der Waals surface area contributed by atoms with Crippen molar-refractivity contribution in [1.29, 1.82) is 0 Å². The lowest BCUT2D eigenvalue weighted by molar-refractivity contribution is 0.220. The first kappa shape index (κ1) is 7.09. The average molecular weight is 137 g/mol. The predicted octanol–water partition coefficient (Wildman–Crippen LogP) is 1.24. The van der Waals surface area contributed by atoms with Crippen LogP contribution < -0.4 is 0 Å². The highest BCUT2D eigenvalue weighted by atomic mass is 16.3. The fourth-order valence-electron chi connectivity index (χ4n) is 0.902. The lowest BCUT2D eigenvalue weighted by Gasteiger charge is -2.05. The standard InChI is InChI=1S/C8H11NO/c1-3-8(10)7-5-4-6-9(7)2/h3-6,8,10H,1H2,2H3. The largest absolute Gasteiger partial charge is 0.383 e. The van der Waals surface area contributed by atoms with Crippen LogP contribution in [0.5, 0.6) is 0 Å². The van der Waals surface area contributed by atoms with Crippen molar-refractivity contribution in [2.24, 2.45) is 7.05 Å². The van der Waals surface area contributed by atoms with Gasteiger partial charge in [-0.05, 0) is 12.1 Å². The first-order chi connectivity index (χ1) is 4.75. The zero-order valence-corrected chi connectivity index (χ0v) is 5.99. The molecule has 1 rings (SSSR count). The Kier molecular flexibility index (Phi) is 1.92. The van der Waals surface area contributed by atoms with E-state index in [2.05, 4.69) is 6.58 Å². The monoisotopic (exact) mass is 137 g/mol. The Morgan fingerprint density at radius 1 is 1.80 bits per heavy atom. The molecule has 0 saturated heterocycles. The van der Waals surface area contributed by atoms with Gasteiger partial charge in [0.15, 0.2) is 0 Å². The van der Waals surface area contributed by atoms with Crippen molar-refractivity contribution >= 4 is 0 Å². The molecule has 0 amide bonds. The molecule has 0 aliphatic heterocycles. The molecule has 10 heavy (non-hydrogen) atoms. The minimum absolute atomic E-state index is 0.542. The van der Waals surface area contributed by atoms with E-state index in [1.54, 1.807) is 0 Å². The molecule has 2 nitrogen and oxygen atoms in total. The Labute approximate surface area is 60.4 Å². The zero-order valence-electron chi connectivity index (χ0n) is 5.99. The fourth-order valence-corrected chi connectivity index (χ4v) is 0.902. The van der Waals surface area contributed by atoms with Crippen LogP contribution in [-0.2, 0) is 7.05 Å². The highest BCUT2D eigenvalue weighted by molar-refractivity contribution is 5.13. The van der Waals surface area contributed by atoms with Gasteiger partial charge in [-0.2, -0.15) is 0 Å². The topological polar surface area (TPSA) is 25.2 Å². The lowest BCUT2D eigenvalue weighted by atomic mass is 10.2. The highest BCUT2D eigenvalue weighted by Gasteiger charge is 2.03. The molecule has 1 heterocycles. The first-order valence-electron chi connectivity index (χ1n) is 3.17. The van der Waals surface area contributed by atoms with E-state index in [0.717, 1.165) is 5.69 Å². The van der Waals surface area contributed by atoms with Crippen molar-refractivity contribution < 1.29 is 5.11 Å². The molecule has 2 heteroatoms. The second-order valence-corrected chi connectivity index (χ2v) is 2.22. The van der Waals surface area contributed by atoms with Gasteiger partial charge in [0.25, 0.3) is 0 Å². The van der Waals surface area contributed by atoms with E-state index < -0.39 is 6.10 Å². The summed E-state index contributed by atoms with van der Waals surface area (Å²) in [5.41, 5.74) is 0.870. The van der Waals surface area contributed by atoms with Gasteiger partial charge in [-0.3, -0.25) is 0 Å².